The van der Waals surface area contributed by atoms with Crippen molar-refractivity contribution in [1.29, 1.82) is 0 Å². The predicted octanol–water partition coefficient (Wildman–Crippen LogP) is 3.80. The van der Waals surface area contributed by atoms with E-state index in [1.807, 2.05) is 27.0 Å². The number of rotatable bonds is 3. The standard InChI is InChI=1S/C20H34N2O2/c1-19(2,3)18(23)22-12-10-15(14-24-20(4,5)6)16(13-22)17-9-8-11-21(17)7/h10,12-13,15,17H,8-9,11,14H2,1-7H3. The molecule has 0 aromatic heterocycles. The highest BCUT2D eigenvalue weighted by Gasteiger charge is 2.34. The van der Waals surface area contributed by atoms with Gasteiger partial charge in [0.25, 0.3) is 0 Å². The summed E-state index contributed by atoms with van der Waals surface area (Å²) in [5, 5.41) is 0. The van der Waals surface area contributed by atoms with Crippen LogP contribution in [0.4, 0.5) is 0 Å². The Morgan fingerprint density at radius 1 is 1.25 bits per heavy atom. The highest BCUT2D eigenvalue weighted by Crippen LogP contribution is 2.33. The average Bonchev–Trinajstić information content (AvgIpc) is 2.88. The number of likely N-dealkylation sites (N-methyl/N-ethyl adjacent to an activating group) is 1. The number of amides is 1. The molecule has 2 atom stereocenters. The molecular formula is C20H34N2O2. The van der Waals surface area contributed by atoms with E-state index < -0.39 is 0 Å². The number of nitrogens with zero attached hydrogens (tertiary/aromatic N) is 2. The van der Waals surface area contributed by atoms with E-state index in [4.69, 9.17) is 4.74 Å². The first-order valence-electron chi connectivity index (χ1n) is 9.06. The van der Waals surface area contributed by atoms with Crippen molar-refractivity contribution in [2.24, 2.45) is 11.3 Å². The van der Waals surface area contributed by atoms with Gasteiger partial charge in [0, 0.05) is 29.8 Å². The van der Waals surface area contributed by atoms with Gasteiger partial charge >= 0.3 is 0 Å². The molecule has 1 amide bonds. The van der Waals surface area contributed by atoms with Crippen molar-refractivity contribution < 1.29 is 9.53 Å². The molecule has 0 aromatic rings. The van der Waals surface area contributed by atoms with Crippen molar-refractivity contribution in [2.75, 3.05) is 20.2 Å². The first-order chi connectivity index (χ1) is 11.0. The van der Waals surface area contributed by atoms with Gasteiger partial charge in [0.1, 0.15) is 0 Å². The fraction of sp³-hybridized carbons (Fsp3) is 0.750. The van der Waals surface area contributed by atoms with Gasteiger partial charge in [-0.1, -0.05) is 26.8 Å². The zero-order chi connectivity index (χ0) is 18.1. The van der Waals surface area contributed by atoms with Gasteiger partial charge in [-0.3, -0.25) is 14.6 Å². The molecule has 136 valence electrons. The first kappa shape index (κ1) is 19.2. The third-order valence-electron chi connectivity index (χ3n) is 4.67. The predicted molar refractivity (Wildman–Crippen MR) is 98.4 cm³/mol. The van der Waals surface area contributed by atoms with Crippen LogP contribution in [0.1, 0.15) is 54.4 Å². The molecule has 1 saturated heterocycles. The number of hydrogen-bond acceptors (Lipinski definition) is 3. The van der Waals surface area contributed by atoms with Crippen molar-refractivity contribution in [3.63, 3.8) is 0 Å². The number of carbonyl (C=O) groups excluding carboxylic acids is 1. The van der Waals surface area contributed by atoms with Crippen molar-refractivity contribution in [3.8, 4) is 0 Å². The minimum Gasteiger partial charge on any atom is -0.375 e. The van der Waals surface area contributed by atoms with Crippen molar-refractivity contribution in [2.45, 2.75) is 66.0 Å². The van der Waals surface area contributed by atoms with E-state index in [1.165, 1.54) is 12.0 Å². The lowest BCUT2D eigenvalue weighted by atomic mass is 9.89. The van der Waals surface area contributed by atoms with E-state index >= 15 is 0 Å². The fourth-order valence-electron chi connectivity index (χ4n) is 3.28. The van der Waals surface area contributed by atoms with Crippen LogP contribution in [0.2, 0.25) is 0 Å². The maximum Gasteiger partial charge on any atom is 0.235 e. The van der Waals surface area contributed by atoms with Gasteiger partial charge in [0.2, 0.25) is 5.91 Å². The molecule has 2 rings (SSSR count). The molecule has 2 aliphatic rings. The topological polar surface area (TPSA) is 32.8 Å². The van der Waals surface area contributed by atoms with Crippen LogP contribution < -0.4 is 0 Å². The van der Waals surface area contributed by atoms with E-state index in [9.17, 15) is 4.79 Å². The third-order valence-corrected chi connectivity index (χ3v) is 4.67. The second kappa shape index (κ2) is 7.01. The minimum absolute atomic E-state index is 0.132. The summed E-state index contributed by atoms with van der Waals surface area (Å²) in [6, 6.07) is 0.402. The molecule has 24 heavy (non-hydrogen) atoms. The van der Waals surface area contributed by atoms with Crippen LogP contribution in [0.3, 0.4) is 0 Å². The molecule has 0 bridgehead atoms. The highest BCUT2D eigenvalue weighted by atomic mass is 16.5. The molecule has 4 nitrogen and oxygen atoms in total. The van der Waals surface area contributed by atoms with Crippen molar-refractivity contribution in [1.82, 2.24) is 9.80 Å². The molecule has 0 spiro atoms. The van der Waals surface area contributed by atoms with Crippen LogP contribution >= 0.6 is 0 Å². The fourth-order valence-corrected chi connectivity index (χ4v) is 3.28. The normalized spacial score (nSPS) is 26.0. The van der Waals surface area contributed by atoms with Gasteiger partial charge in [-0.15, -0.1) is 0 Å². The monoisotopic (exact) mass is 334 g/mol. The zero-order valence-corrected chi connectivity index (χ0v) is 16.4. The average molecular weight is 335 g/mol. The molecule has 0 N–H and O–H groups in total. The summed E-state index contributed by atoms with van der Waals surface area (Å²) in [6.07, 6.45) is 8.48. The van der Waals surface area contributed by atoms with Crippen LogP contribution in [0.15, 0.2) is 24.0 Å². The van der Waals surface area contributed by atoms with Gasteiger partial charge in [0.05, 0.1) is 12.2 Å². The number of ether oxygens (including phenoxy) is 1. The summed E-state index contributed by atoms with van der Waals surface area (Å²) < 4.78 is 6.04. The maximum atomic E-state index is 12.7. The molecular weight excluding hydrogens is 300 g/mol. The molecule has 1 fully saturated rings. The number of carbonyl (C=O) groups is 1. The second-order valence-electron chi connectivity index (χ2n) is 9.10. The quantitative estimate of drug-likeness (QED) is 0.787. The Morgan fingerprint density at radius 2 is 1.92 bits per heavy atom. The highest BCUT2D eigenvalue weighted by molar-refractivity contribution is 5.83. The Labute approximate surface area is 147 Å². The smallest absolute Gasteiger partial charge is 0.235 e. The SMILES string of the molecule is CN1CCCC1C1=CN(C(=O)C(C)(C)C)C=CC1COC(C)(C)C. The van der Waals surface area contributed by atoms with Crippen LogP contribution in [0, 0.1) is 11.3 Å². The van der Waals surface area contributed by atoms with Gasteiger partial charge in [-0.2, -0.15) is 0 Å². The molecule has 2 unspecified atom stereocenters. The van der Waals surface area contributed by atoms with Crippen LogP contribution in [0.25, 0.3) is 0 Å². The van der Waals surface area contributed by atoms with Gasteiger partial charge in [-0.25, -0.2) is 0 Å². The summed E-state index contributed by atoms with van der Waals surface area (Å²) in [5.41, 5.74) is 0.764. The van der Waals surface area contributed by atoms with Crippen LogP contribution in [-0.2, 0) is 9.53 Å². The Kier molecular flexibility index (Phi) is 5.61. The lowest BCUT2D eigenvalue weighted by Crippen LogP contribution is -2.39. The number of likely N-dealkylation sites (tertiary alicyclic amines) is 1. The summed E-state index contributed by atoms with van der Waals surface area (Å²) >= 11 is 0. The van der Waals surface area contributed by atoms with E-state index in [-0.39, 0.29) is 22.8 Å². The minimum atomic E-state index is -0.387. The van der Waals surface area contributed by atoms with Gasteiger partial charge in [0.15, 0.2) is 0 Å². The Hall–Kier alpha value is -1.13. The molecule has 2 aliphatic heterocycles. The Bertz CT molecular complexity index is 523. The lowest BCUT2D eigenvalue weighted by molar-refractivity contribution is -0.134. The molecule has 2 heterocycles. The van der Waals surface area contributed by atoms with Crippen molar-refractivity contribution in [3.05, 3.63) is 24.0 Å². The zero-order valence-electron chi connectivity index (χ0n) is 16.4. The lowest BCUT2D eigenvalue weighted by Gasteiger charge is -2.35. The molecule has 0 radical (unpaired) electrons. The van der Waals surface area contributed by atoms with Gasteiger partial charge in [-0.05, 0) is 52.8 Å². The Balaban J connectivity index is 2.23. The van der Waals surface area contributed by atoms with E-state index in [0.717, 1.165) is 13.0 Å². The first-order valence-corrected chi connectivity index (χ1v) is 9.06. The maximum absolute atomic E-state index is 12.7. The summed E-state index contributed by atoms with van der Waals surface area (Å²) in [6.45, 7) is 13.9. The van der Waals surface area contributed by atoms with Crippen LogP contribution in [0.5, 0.6) is 0 Å². The van der Waals surface area contributed by atoms with E-state index in [0.29, 0.717) is 12.6 Å². The number of hydrogen-bond donors (Lipinski definition) is 0. The molecule has 0 aromatic carbocycles. The molecule has 4 heteroatoms. The second-order valence-corrected chi connectivity index (χ2v) is 9.10. The third kappa shape index (κ3) is 4.70. The summed E-state index contributed by atoms with van der Waals surface area (Å²) in [4.78, 5) is 16.8. The van der Waals surface area contributed by atoms with Crippen LogP contribution in [-0.4, -0.2) is 47.5 Å². The molecule has 0 aliphatic carbocycles. The largest absolute Gasteiger partial charge is 0.375 e. The summed E-state index contributed by atoms with van der Waals surface area (Å²) in [7, 11) is 2.18. The van der Waals surface area contributed by atoms with Crippen molar-refractivity contribution >= 4 is 5.91 Å². The van der Waals surface area contributed by atoms with E-state index in [1.54, 1.807) is 4.90 Å². The van der Waals surface area contributed by atoms with Gasteiger partial charge < -0.3 is 4.74 Å². The summed E-state index contributed by atoms with van der Waals surface area (Å²) in [5.74, 6) is 0.367. The Morgan fingerprint density at radius 3 is 2.42 bits per heavy atom. The molecule has 0 saturated carbocycles. The van der Waals surface area contributed by atoms with E-state index in [2.05, 4.69) is 45.0 Å².